The molecular formula is C48H39Cl2N15O20S6. The van der Waals surface area contributed by atoms with E-state index in [-0.39, 0.29) is 79.2 Å². The fourth-order valence-corrected chi connectivity index (χ4v) is 13.5. The quantitative estimate of drug-likeness (QED) is 0.0280. The highest BCUT2D eigenvalue weighted by Crippen LogP contribution is 2.45. The molecule has 11 N–H and O–H groups in total. The molecule has 0 unspecified atom stereocenters. The van der Waals surface area contributed by atoms with Gasteiger partial charge in [-0.15, -0.1) is 20.5 Å². The number of hydrogen-bond donors (Lipinski definition) is 11. The number of azo groups is 2. The van der Waals surface area contributed by atoms with Crippen LogP contribution in [0.5, 0.6) is 11.5 Å². The summed E-state index contributed by atoms with van der Waals surface area (Å²) in [4.78, 5) is 23.7. The number of rotatable bonds is 19. The van der Waals surface area contributed by atoms with E-state index in [9.17, 15) is 88.0 Å². The number of nitrogens with zero attached hydrogens (tertiary/aromatic N) is 12. The zero-order chi connectivity index (χ0) is 65.9. The first-order valence-corrected chi connectivity index (χ1v) is 34.5. The minimum absolute atomic E-state index is 0.00415. The Balaban J connectivity index is 0.789. The minimum atomic E-state index is -5.24. The van der Waals surface area contributed by atoms with Gasteiger partial charge in [0, 0.05) is 72.2 Å². The Kier molecular flexibility index (Phi) is 17.6. The maximum atomic E-state index is 12.7. The molecule has 1 saturated heterocycles. The summed E-state index contributed by atoms with van der Waals surface area (Å²) in [6, 6.07) is 16.7. The van der Waals surface area contributed by atoms with Crippen LogP contribution in [0.4, 0.5) is 57.9 Å². The van der Waals surface area contributed by atoms with Gasteiger partial charge < -0.3 is 31.1 Å². The van der Waals surface area contributed by atoms with Crippen LogP contribution in [0, 0.1) is 0 Å². The number of nitrogens with one attached hydrogen (secondary N) is 3. The second-order valence-corrected chi connectivity index (χ2v) is 28.2. The second kappa shape index (κ2) is 24.5. The maximum absolute atomic E-state index is 12.7. The fraction of sp³-hybridized carbons (Fsp3) is 0.125. The largest absolute Gasteiger partial charge is 0.505 e. The van der Waals surface area contributed by atoms with Crippen molar-refractivity contribution in [2.75, 3.05) is 60.1 Å². The predicted molar refractivity (Wildman–Crippen MR) is 322 cm³/mol. The number of phenolic OH excluding ortho intramolecular Hbond substituents is 2. The summed E-state index contributed by atoms with van der Waals surface area (Å²) in [6.07, 6.45) is 0. The van der Waals surface area contributed by atoms with Crippen LogP contribution in [0.3, 0.4) is 0 Å². The van der Waals surface area contributed by atoms with Crippen LogP contribution in [-0.4, -0.2) is 162 Å². The van der Waals surface area contributed by atoms with E-state index in [4.69, 9.17) is 23.2 Å². The zero-order valence-corrected chi connectivity index (χ0v) is 51.4. The minimum Gasteiger partial charge on any atom is -0.505 e. The van der Waals surface area contributed by atoms with Crippen LogP contribution in [0.2, 0.25) is 10.6 Å². The van der Waals surface area contributed by atoms with Crippen LogP contribution in [0.25, 0.3) is 32.3 Å². The Morgan fingerprint density at radius 2 is 0.956 bits per heavy atom. The van der Waals surface area contributed by atoms with Crippen LogP contribution < -0.4 is 20.9 Å². The van der Waals surface area contributed by atoms with Crippen LogP contribution in [0.15, 0.2) is 147 Å². The lowest BCUT2D eigenvalue weighted by Crippen LogP contribution is -2.48. The summed E-state index contributed by atoms with van der Waals surface area (Å²) >= 11 is 12.6. The fourth-order valence-electron chi connectivity index (χ4n) is 9.25. The highest BCUT2D eigenvalue weighted by atomic mass is 35.5. The third kappa shape index (κ3) is 14.6. The molecule has 35 nitrogen and oxygen atoms in total. The Hall–Kier alpha value is -8.66. The van der Waals surface area contributed by atoms with E-state index in [1.54, 1.807) is 0 Å². The summed E-state index contributed by atoms with van der Waals surface area (Å²) in [6.45, 7) is 2.53. The maximum Gasteiger partial charge on any atom is 0.297 e. The molecule has 7 aromatic carbocycles. The van der Waals surface area contributed by atoms with Crippen molar-refractivity contribution in [3.8, 4) is 11.5 Å². The molecule has 43 heteroatoms. The third-order valence-electron chi connectivity index (χ3n) is 13.2. The topological polar surface area (TPSA) is 536 Å². The summed E-state index contributed by atoms with van der Waals surface area (Å²) in [5.74, 6) is -1.68. The molecule has 0 radical (unpaired) electrons. The SMILES string of the molecule is O=S(=O)(O)c1ccc(S(=O)(=O)O)c(/N=N/c2c(S(=O)(=O)O)cc3cc(Nc4nc(Cl)nc(NCCN5CCN(c6nc(Cl)nc(Nc7ccc8c(O)c(/N=N/c9ccc%10c(S(=O)(=O)O)cccc%10c9S(=O)(=O)O)c(S(=O)(=O)O)cc8c7)n6)CC5)n4)ccc3c2O)c1. The van der Waals surface area contributed by atoms with Gasteiger partial charge in [0.1, 0.15) is 47.2 Å². The summed E-state index contributed by atoms with van der Waals surface area (Å²) < 4.78 is 207. The van der Waals surface area contributed by atoms with Gasteiger partial charge in [-0.2, -0.15) is 80.4 Å². The normalized spacial score (nSPS) is 14.1. The monoisotopic (exact) mass is 1410 g/mol. The number of fused-ring (bicyclic) bond motifs is 3. The molecule has 1 aliphatic rings. The van der Waals surface area contributed by atoms with Crippen molar-refractivity contribution in [1.29, 1.82) is 0 Å². The molecule has 10 rings (SSSR count). The summed E-state index contributed by atoms with van der Waals surface area (Å²) in [5, 5.41) is 44.7. The van der Waals surface area contributed by atoms with Crippen molar-refractivity contribution < 1.29 is 88.0 Å². The average Bonchev–Trinajstić information content (AvgIpc) is 0.774. The lowest BCUT2D eigenvalue weighted by Gasteiger charge is -2.34. The molecule has 0 atom stereocenters. The molecule has 0 saturated carbocycles. The Bertz CT molecular complexity index is 5330. The van der Waals surface area contributed by atoms with Gasteiger partial charge >= 0.3 is 0 Å². The van der Waals surface area contributed by atoms with Crippen molar-refractivity contribution in [3.05, 3.63) is 108 Å². The van der Waals surface area contributed by atoms with Gasteiger partial charge in [-0.3, -0.25) is 32.2 Å². The van der Waals surface area contributed by atoms with Crippen LogP contribution in [-0.2, 0) is 60.7 Å². The number of aromatic hydroxyl groups is 2. The summed E-state index contributed by atoms with van der Waals surface area (Å²) in [7, 11) is -30.7. The van der Waals surface area contributed by atoms with Crippen molar-refractivity contribution in [2.45, 2.75) is 29.4 Å². The molecule has 0 aliphatic carbocycles. The van der Waals surface area contributed by atoms with Crippen molar-refractivity contribution in [3.63, 3.8) is 0 Å². The molecule has 91 heavy (non-hydrogen) atoms. The lowest BCUT2D eigenvalue weighted by molar-refractivity contribution is 0.266. The second-order valence-electron chi connectivity index (χ2n) is 19.1. The van der Waals surface area contributed by atoms with Crippen LogP contribution >= 0.6 is 23.2 Å². The van der Waals surface area contributed by atoms with E-state index >= 15 is 0 Å². The third-order valence-corrected chi connectivity index (χ3v) is 18.9. The van der Waals surface area contributed by atoms with E-state index in [0.29, 0.717) is 50.9 Å². The zero-order valence-electron chi connectivity index (χ0n) is 45.0. The number of piperazine rings is 1. The number of benzene rings is 7. The van der Waals surface area contributed by atoms with E-state index in [2.05, 4.69) is 71.2 Å². The molecule has 2 aromatic heterocycles. The molecular weight excluding hydrogens is 1370 g/mol. The van der Waals surface area contributed by atoms with E-state index < -0.39 is 130 Å². The molecule has 0 bridgehead atoms. The van der Waals surface area contributed by atoms with Crippen molar-refractivity contribution >= 4 is 174 Å². The molecule has 1 aliphatic heterocycles. The first-order chi connectivity index (χ1) is 42.5. The first kappa shape index (κ1) is 65.3. The summed E-state index contributed by atoms with van der Waals surface area (Å²) in [5.41, 5.74) is -2.94. The van der Waals surface area contributed by atoms with E-state index in [0.717, 1.165) is 42.5 Å². The Morgan fingerprint density at radius 1 is 0.451 bits per heavy atom. The highest BCUT2D eigenvalue weighted by molar-refractivity contribution is 7.87. The highest BCUT2D eigenvalue weighted by Gasteiger charge is 2.29. The van der Waals surface area contributed by atoms with Gasteiger partial charge in [-0.05, 0) is 113 Å². The number of hydrogen-bond acceptors (Lipinski definition) is 29. The molecule has 3 heterocycles. The molecule has 1 fully saturated rings. The smallest absolute Gasteiger partial charge is 0.297 e. The number of halogens is 2. The lowest BCUT2D eigenvalue weighted by atomic mass is 10.1. The Labute approximate surface area is 522 Å². The molecule has 476 valence electrons. The van der Waals surface area contributed by atoms with Crippen molar-refractivity contribution in [1.82, 2.24) is 34.8 Å². The van der Waals surface area contributed by atoms with Gasteiger partial charge in [0.05, 0.1) is 4.90 Å². The van der Waals surface area contributed by atoms with Gasteiger partial charge in [0.15, 0.2) is 11.5 Å². The molecule has 9 aromatic rings. The molecule has 0 spiro atoms. The molecule has 0 amide bonds. The van der Waals surface area contributed by atoms with E-state index in [1.165, 1.54) is 36.4 Å². The van der Waals surface area contributed by atoms with Crippen LogP contribution in [0.1, 0.15) is 0 Å². The van der Waals surface area contributed by atoms with Gasteiger partial charge in [0.2, 0.25) is 34.4 Å². The standard InChI is InChI=1S/C48H39Cl2N15O20S6/c49-43-54-45(58-46(55-43)52-25-4-7-29-23(18-25)21-37(90(80,81)82)39(41(29)67)63-61-33-22-27(86(68,69)70)6-11-35(33)88(74,75)76)51-12-13-64-14-16-65(17-15-64)48-57-44(50)56-47(59-48)53-26-5-8-28-24(19-26)20-36(89(77,78)79)38(40(28)66)62-60-32-10-9-30-31(42(32)91(83,84)85)2-1-3-34(30)87(71,72)73/h1-11,18-22,66-67H,12-17H2,(H,68,69,70)(H,71,72,73)(H,74,75,76)(H,77,78,79)(H,80,81,82)(H,83,84,85)(H,53,56,57,59)(H2,51,52,54,55,58)/b62-60+,63-61+. The predicted octanol–water partition coefficient (Wildman–Crippen LogP) is 7.27. The van der Waals surface area contributed by atoms with Gasteiger partial charge in [-0.1, -0.05) is 18.2 Å². The first-order valence-electron chi connectivity index (χ1n) is 25.1. The average molecular weight is 1410 g/mol. The number of phenols is 2. The van der Waals surface area contributed by atoms with Gasteiger partial charge in [-0.25, -0.2) is 0 Å². The number of aromatic nitrogens is 6. The van der Waals surface area contributed by atoms with Crippen molar-refractivity contribution in [2.24, 2.45) is 20.5 Å². The van der Waals surface area contributed by atoms with Gasteiger partial charge in [0.25, 0.3) is 60.7 Å². The number of anilines is 6. The Morgan fingerprint density at radius 3 is 1.48 bits per heavy atom. The van der Waals surface area contributed by atoms with E-state index in [1.807, 2.05) is 4.90 Å².